The molecular formula is C18H17N3O3S2. The van der Waals surface area contributed by atoms with Gasteiger partial charge in [-0.3, -0.25) is 9.59 Å². The van der Waals surface area contributed by atoms with Gasteiger partial charge in [0.05, 0.1) is 18.1 Å². The number of para-hydroxylation sites is 1. The monoisotopic (exact) mass is 387 g/mol. The lowest BCUT2D eigenvalue weighted by atomic mass is 10.1. The molecule has 0 saturated carbocycles. The zero-order valence-electron chi connectivity index (χ0n) is 13.9. The predicted molar refractivity (Wildman–Crippen MR) is 106 cm³/mol. The van der Waals surface area contributed by atoms with E-state index in [0.717, 1.165) is 16.5 Å². The fourth-order valence-electron chi connectivity index (χ4n) is 3.14. The first-order valence-electron chi connectivity index (χ1n) is 8.30. The van der Waals surface area contributed by atoms with Crippen LogP contribution in [0.25, 0.3) is 17.0 Å². The molecule has 0 atom stereocenters. The van der Waals surface area contributed by atoms with Gasteiger partial charge in [-0.2, -0.15) is 0 Å². The van der Waals surface area contributed by atoms with Crippen LogP contribution in [-0.2, 0) is 20.9 Å². The molecule has 1 aromatic carbocycles. The first-order chi connectivity index (χ1) is 12.6. The highest BCUT2D eigenvalue weighted by Gasteiger charge is 2.23. The van der Waals surface area contributed by atoms with E-state index in [0.29, 0.717) is 35.5 Å². The van der Waals surface area contributed by atoms with Crippen LogP contribution < -0.4 is 5.32 Å². The fraction of sp³-hybridized carbons (Fsp3) is 0.278. The van der Waals surface area contributed by atoms with Crippen LogP contribution >= 0.6 is 24.0 Å². The Bertz CT molecular complexity index is 929. The van der Waals surface area contributed by atoms with E-state index in [4.69, 9.17) is 17.0 Å². The maximum Gasteiger partial charge on any atom is 0.263 e. The Kier molecular flexibility index (Phi) is 4.80. The van der Waals surface area contributed by atoms with E-state index >= 15 is 0 Å². The van der Waals surface area contributed by atoms with E-state index in [1.807, 2.05) is 46.0 Å². The van der Waals surface area contributed by atoms with Gasteiger partial charge in [0, 0.05) is 35.8 Å². The summed E-state index contributed by atoms with van der Waals surface area (Å²) in [5.41, 5.74) is 1.87. The van der Waals surface area contributed by atoms with Crippen LogP contribution in [0.3, 0.4) is 0 Å². The van der Waals surface area contributed by atoms with Gasteiger partial charge in [0.25, 0.3) is 5.91 Å². The largest absolute Gasteiger partial charge is 0.378 e. The highest BCUT2D eigenvalue weighted by atomic mass is 32.2. The maximum atomic E-state index is 12.6. The molecule has 2 fully saturated rings. The topological polar surface area (TPSA) is 63.6 Å². The van der Waals surface area contributed by atoms with Gasteiger partial charge >= 0.3 is 0 Å². The first-order valence-corrected chi connectivity index (χ1v) is 9.52. The van der Waals surface area contributed by atoms with Crippen LogP contribution in [0.2, 0.25) is 0 Å². The summed E-state index contributed by atoms with van der Waals surface area (Å²) in [7, 11) is 0. The number of amides is 2. The second-order valence-corrected chi connectivity index (χ2v) is 7.79. The van der Waals surface area contributed by atoms with Gasteiger partial charge in [-0.1, -0.05) is 42.2 Å². The number of morpholine rings is 1. The molecule has 0 unspecified atom stereocenters. The zero-order valence-corrected chi connectivity index (χ0v) is 15.6. The van der Waals surface area contributed by atoms with Crippen LogP contribution in [-0.4, -0.2) is 51.9 Å². The molecule has 4 rings (SSSR count). The second kappa shape index (κ2) is 7.22. The number of aromatic nitrogens is 1. The lowest BCUT2D eigenvalue weighted by Gasteiger charge is -2.27. The molecule has 134 valence electrons. The smallest absolute Gasteiger partial charge is 0.263 e. The van der Waals surface area contributed by atoms with Crippen molar-refractivity contribution in [3.05, 3.63) is 40.9 Å². The number of benzene rings is 1. The third kappa shape index (κ3) is 3.40. The molecule has 2 aliphatic heterocycles. The summed E-state index contributed by atoms with van der Waals surface area (Å²) in [5, 5.41) is 3.63. The molecule has 0 spiro atoms. The number of hydrogen-bond donors (Lipinski definition) is 1. The van der Waals surface area contributed by atoms with Crippen molar-refractivity contribution in [2.75, 3.05) is 26.3 Å². The fourth-order valence-corrected chi connectivity index (χ4v) is 4.18. The summed E-state index contributed by atoms with van der Waals surface area (Å²) >= 11 is 6.30. The third-order valence-electron chi connectivity index (χ3n) is 4.42. The van der Waals surface area contributed by atoms with Gasteiger partial charge in [0.1, 0.15) is 10.9 Å². The number of nitrogens with zero attached hydrogens (tertiary/aromatic N) is 2. The van der Waals surface area contributed by atoms with E-state index in [2.05, 4.69) is 5.32 Å². The number of fused-ring (bicyclic) bond motifs is 1. The predicted octanol–water partition coefficient (Wildman–Crippen LogP) is 1.99. The van der Waals surface area contributed by atoms with Crippen LogP contribution in [0.5, 0.6) is 0 Å². The Morgan fingerprint density at radius 2 is 2.08 bits per heavy atom. The standard InChI is InChI=1S/C18H17N3O3S2/c22-16(20-5-7-24-8-6-20)11-21-10-12(13-3-1-2-4-14(13)21)9-15-17(23)19-18(25)26-15/h1-4,9-10H,5-8,11H2,(H,19,23,25). The maximum absolute atomic E-state index is 12.6. The van der Waals surface area contributed by atoms with Crippen LogP contribution in [0.4, 0.5) is 0 Å². The van der Waals surface area contributed by atoms with Gasteiger partial charge in [0.15, 0.2) is 0 Å². The van der Waals surface area contributed by atoms with Crippen molar-refractivity contribution < 1.29 is 14.3 Å². The number of hydrogen-bond acceptors (Lipinski definition) is 5. The van der Waals surface area contributed by atoms with Crippen molar-refractivity contribution >= 4 is 57.1 Å². The summed E-state index contributed by atoms with van der Waals surface area (Å²) in [6.07, 6.45) is 3.75. The Labute approximate surface area is 160 Å². The number of nitrogens with one attached hydrogen (secondary N) is 1. The zero-order chi connectivity index (χ0) is 18.1. The highest BCUT2D eigenvalue weighted by Crippen LogP contribution is 2.29. The Hall–Kier alpha value is -2.16. The lowest BCUT2D eigenvalue weighted by molar-refractivity contribution is -0.135. The van der Waals surface area contributed by atoms with Crippen molar-refractivity contribution in [1.82, 2.24) is 14.8 Å². The molecule has 2 aliphatic rings. The first kappa shape index (κ1) is 17.3. The van der Waals surface area contributed by atoms with Crippen LogP contribution in [0.1, 0.15) is 5.56 Å². The lowest BCUT2D eigenvalue weighted by Crippen LogP contribution is -2.42. The molecule has 6 nitrogen and oxygen atoms in total. The van der Waals surface area contributed by atoms with E-state index in [9.17, 15) is 9.59 Å². The van der Waals surface area contributed by atoms with Gasteiger partial charge in [-0.25, -0.2) is 0 Å². The summed E-state index contributed by atoms with van der Waals surface area (Å²) in [5.74, 6) is -0.108. The minimum absolute atomic E-state index is 0.0717. The Morgan fingerprint density at radius 1 is 1.31 bits per heavy atom. The molecule has 8 heteroatoms. The van der Waals surface area contributed by atoms with Crippen molar-refractivity contribution in [3.8, 4) is 0 Å². The number of ether oxygens (including phenoxy) is 1. The minimum atomic E-state index is -0.179. The summed E-state index contributed by atoms with van der Waals surface area (Å²) < 4.78 is 7.71. The Balaban J connectivity index is 1.66. The normalized spacial score (nSPS) is 19.4. The number of rotatable bonds is 3. The SMILES string of the molecule is O=C1NC(=S)SC1=Cc1cn(CC(=O)N2CCOCC2)c2ccccc12. The molecule has 2 amide bonds. The molecule has 3 heterocycles. The van der Waals surface area contributed by atoms with Crippen molar-refractivity contribution in [2.24, 2.45) is 0 Å². The molecule has 2 aromatic rings. The van der Waals surface area contributed by atoms with E-state index in [1.54, 1.807) is 0 Å². The minimum Gasteiger partial charge on any atom is -0.378 e. The molecule has 1 aromatic heterocycles. The van der Waals surface area contributed by atoms with Gasteiger partial charge < -0.3 is 19.5 Å². The summed E-state index contributed by atoms with van der Waals surface area (Å²) in [6, 6.07) is 7.87. The Morgan fingerprint density at radius 3 is 2.81 bits per heavy atom. The van der Waals surface area contributed by atoms with Crippen molar-refractivity contribution in [3.63, 3.8) is 0 Å². The molecule has 26 heavy (non-hydrogen) atoms. The highest BCUT2D eigenvalue weighted by molar-refractivity contribution is 8.26. The number of thiocarbonyl (C=S) groups is 1. The second-order valence-electron chi connectivity index (χ2n) is 6.07. The average molecular weight is 387 g/mol. The number of carbonyl (C=O) groups is 2. The van der Waals surface area contributed by atoms with E-state index < -0.39 is 0 Å². The molecule has 0 bridgehead atoms. The van der Waals surface area contributed by atoms with E-state index in [-0.39, 0.29) is 18.4 Å². The van der Waals surface area contributed by atoms with Crippen molar-refractivity contribution in [1.29, 1.82) is 0 Å². The van der Waals surface area contributed by atoms with Gasteiger partial charge in [-0.15, -0.1) is 0 Å². The quantitative estimate of drug-likeness (QED) is 0.645. The van der Waals surface area contributed by atoms with Gasteiger partial charge in [-0.05, 0) is 12.1 Å². The average Bonchev–Trinajstić information content (AvgIpc) is 3.16. The van der Waals surface area contributed by atoms with Crippen molar-refractivity contribution in [2.45, 2.75) is 6.54 Å². The molecular weight excluding hydrogens is 370 g/mol. The number of thioether (sulfide) groups is 1. The molecule has 0 radical (unpaired) electrons. The van der Waals surface area contributed by atoms with Crippen LogP contribution in [0.15, 0.2) is 35.4 Å². The third-order valence-corrected chi connectivity index (χ3v) is 5.58. The van der Waals surface area contributed by atoms with Crippen LogP contribution in [0, 0.1) is 0 Å². The number of carbonyl (C=O) groups excluding carboxylic acids is 2. The van der Waals surface area contributed by atoms with E-state index in [1.165, 1.54) is 11.8 Å². The molecule has 2 saturated heterocycles. The molecule has 1 N–H and O–H groups in total. The summed E-state index contributed by atoms with van der Waals surface area (Å²) in [4.78, 5) is 27.0. The summed E-state index contributed by atoms with van der Waals surface area (Å²) in [6.45, 7) is 2.69. The van der Waals surface area contributed by atoms with Gasteiger partial charge in [0.2, 0.25) is 5.91 Å². The molecule has 0 aliphatic carbocycles.